The molecule has 0 saturated heterocycles. The minimum atomic E-state index is -3.03. The molecule has 2 aliphatic heterocycles. The molecule has 3 nitrogen and oxygen atoms in total. The highest BCUT2D eigenvalue weighted by atomic mass is 127. The zero-order chi connectivity index (χ0) is 12.8. The molecule has 2 heterocycles. The normalized spacial score (nSPS) is 21.9. The van der Waals surface area contributed by atoms with E-state index in [1.54, 1.807) is 0 Å². The minimum Gasteiger partial charge on any atom is -0.315 e. The summed E-state index contributed by atoms with van der Waals surface area (Å²) >= 11 is 2.34. The van der Waals surface area contributed by atoms with Gasteiger partial charge in [0.15, 0.2) is 9.84 Å². The molecule has 1 aromatic rings. The number of aryl methyl sites for hydroxylation is 2. The zero-order valence-electron chi connectivity index (χ0n) is 10.2. The summed E-state index contributed by atoms with van der Waals surface area (Å²) in [4.78, 5) is 0.596. The molecule has 0 spiro atoms. The number of hydrogen-bond acceptors (Lipinski definition) is 3. The van der Waals surface area contributed by atoms with Crippen LogP contribution in [0.15, 0.2) is 17.0 Å². The van der Waals surface area contributed by atoms with Gasteiger partial charge in [-0.25, -0.2) is 8.42 Å². The Balaban J connectivity index is 2.18. The van der Waals surface area contributed by atoms with Gasteiger partial charge in [0, 0.05) is 12.2 Å². The van der Waals surface area contributed by atoms with E-state index < -0.39 is 9.84 Å². The van der Waals surface area contributed by atoms with Gasteiger partial charge in [-0.05, 0) is 55.4 Å². The van der Waals surface area contributed by atoms with Gasteiger partial charge in [-0.3, -0.25) is 0 Å². The molecule has 0 saturated carbocycles. The summed E-state index contributed by atoms with van der Waals surface area (Å²) in [5.41, 5.74) is 3.44. The SMILES string of the molecule is O=S1(=O)CCCc2cc3c(cc21)CCCCN3I. The summed E-state index contributed by atoms with van der Waals surface area (Å²) in [6.45, 7) is 1.05. The van der Waals surface area contributed by atoms with Crippen LogP contribution < -0.4 is 3.11 Å². The van der Waals surface area contributed by atoms with E-state index in [-0.39, 0.29) is 0 Å². The Bertz CT molecular complexity index is 583. The number of halogens is 1. The van der Waals surface area contributed by atoms with E-state index in [1.165, 1.54) is 17.7 Å². The molecule has 0 N–H and O–H groups in total. The average molecular weight is 377 g/mol. The number of rotatable bonds is 0. The van der Waals surface area contributed by atoms with Crippen molar-refractivity contribution in [1.29, 1.82) is 0 Å². The smallest absolute Gasteiger partial charge is 0.178 e. The number of hydrogen-bond donors (Lipinski definition) is 0. The number of anilines is 1. The van der Waals surface area contributed by atoms with Crippen molar-refractivity contribution >= 4 is 38.4 Å². The van der Waals surface area contributed by atoms with Crippen LogP contribution in [0.25, 0.3) is 0 Å². The lowest BCUT2D eigenvalue weighted by Gasteiger charge is -2.22. The Hall–Kier alpha value is -0.300. The Kier molecular flexibility index (Phi) is 3.30. The highest BCUT2D eigenvalue weighted by Crippen LogP contribution is 2.35. The molecular formula is C13H16INO2S. The fraction of sp³-hybridized carbons (Fsp3) is 0.538. The summed E-state index contributed by atoms with van der Waals surface area (Å²) in [7, 11) is -3.03. The number of benzene rings is 1. The molecule has 0 fully saturated rings. The molecule has 0 atom stereocenters. The molecule has 5 heteroatoms. The second-order valence-corrected chi connectivity index (χ2v) is 8.30. The molecule has 0 unspecified atom stereocenters. The maximum Gasteiger partial charge on any atom is 0.178 e. The molecule has 18 heavy (non-hydrogen) atoms. The van der Waals surface area contributed by atoms with E-state index >= 15 is 0 Å². The van der Waals surface area contributed by atoms with E-state index in [0.29, 0.717) is 10.6 Å². The first-order chi connectivity index (χ1) is 8.58. The number of sulfone groups is 1. The summed E-state index contributed by atoms with van der Waals surface area (Å²) in [6.07, 6.45) is 4.97. The standard InChI is InChI=1S/C13H16INO2S/c14-15-6-2-1-4-10-9-13-11(8-12(10)15)5-3-7-18(13,16)17/h8-9H,1-7H2. The first kappa shape index (κ1) is 12.7. The average Bonchev–Trinajstić information content (AvgIpc) is 2.50. The van der Waals surface area contributed by atoms with Gasteiger partial charge in [-0.1, -0.05) is 0 Å². The molecule has 0 aromatic heterocycles. The second kappa shape index (κ2) is 4.67. The molecule has 0 bridgehead atoms. The second-order valence-electron chi connectivity index (χ2n) is 5.05. The molecule has 1 aromatic carbocycles. The van der Waals surface area contributed by atoms with Crippen LogP contribution in [-0.4, -0.2) is 20.7 Å². The highest BCUT2D eigenvalue weighted by Gasteiger charge is 2.26. The molecule has 2 aliphatic rings. The van der Waals surface area contributed by atoms with Gasteiger partial charge < -0.3 is 3.11 Å². The fourth-order valence-electron chi connectivity index (χ4n) is 2.81. The largest absolute Gasteiger partial charge is 0.315 e. The molecule has 0 amide bonds. The number of nitrogens with zero attached hydrogens (tertiary/aromatic N) is 1. The van der Waals surface area contributed by atoms with Crippen LogP contribution >= 0.6 is 22.9 Å². The Morgan fingerprint density at radius 1 is 1.06 bits per heavy atom. The van der Waals surface area contributed by atoms with Gasteiger partial charge in [0.2, 0.25) is 0 Å². The molecular weight excluding hydrogens is 361 g/mol. The third-order valence-corrected chi connectivity index (χ3v) is 6.65. The van der Waals surface area contributed by atoms with Crippen molar-refractivity contribution in [2.45, 2.75) is 37.0 Å². The van der Waals surface area contributed by atoms with Crippen molar-refractivity contribution < 1.29 is 8.42 Å². The van der Waals surface area contributed by atoms with E-state index in [9.17, 15) is 8.42 Å². The van der Waals surface area contributed by atoms with E-state index in [4.69, 9.17) is 0 Å². The summed E-state index contributed by atoms with van der Waals surface area (Å²) < 4.78 is 26.5. The van der Waals surface area contributed by atoms with Crippen molar-refractivity contribution in [3.8, 4) is 0 Å². The lowest BCUT2D eigenvalue weighted by molar-refractivity contribution is 0.586. The predicted octanol–water partition coefficient (Wildman–Crippen LogP) is 2.90. The minimum absolute atomic E-state index is 0.312. The predicted molar refractivity (Wildman–Crippen MR) is 81.1 cm³/mol. The van der Waals surface area contributed by atoms with Crippen LogP contribution in [0.2, 0.25) is 0 Å². The lowest BCUT2D eigenvalue weighted by Crippen LogP contribution is -2.18. The zero-order valence-corrected chi connectivity index (χ0v) is 13.1. The van der Waals surface area contributed by atoms with Gasteiger partial charge in [-0.15, -0.1) is 0 Å². The Labute approximate surface area is 122 Å². The number of fused-ring (bicyclic) bond motifs is 2. The quantitative estimate of drug-likeness (QED) is 0.516. The summed E-state index contributed by atoms with van der Waals surface area (Å²) in [6, 6.07) is 4.05. The summed E-state index contributed by atoms with van der Waals surface area (Å²) in [5.74, 6) is 0.312. The van der Waals surface area contributed by atoms with Crippen LogP contribution in [-0.2, 0) is 22.7 Å². The van der Waals surface area contributed by atoms with E-state index in [0.717, 1.165) is 37.8 Å². The molecule has 0 aliphatic carbocycles. The van der Waals surface area contributed by atoms with Crippen LogP contribution in [0.3, 0.4) is 0 Å². The van der Waals surface area contributed by atoms with Crippen LogP contribution in [0.5, 0.6) is 0 Å². The molecule has 98 valence electrons. The first-order valence-electron chi connectivity index (χ1n) is 6.40. The van der Waals surface area contributed by atoms with E-state index in [1.807, 2.05) is 6.07 Å². The maximum absolute atomic E-state index is 12.1. The fourth-order valence-corrected chi connectivity index (χ4v) is 5.23. The monoisotopic (exact) mass is 377 g/mol. The first-order valence-corrected chi connectivity index (χ1v) is 9.01. The van der Waals surface area contributed by atoms with Crippen molar-refractivity contribution in [1.82, 2.24) is 0 Å². The van der Waals surface area contributed by atoms with Crippen LogP contribution in [0.4, 0.5) is 5.69 Å². The Morgan fingerprint density at radius 2 is 1.83 bits per heavy atom. The Morgan fingerprint density at radius 3 is 2.67 bits per heavy atom. The van der Waals surface area contributed by atoms with Crippen molar-refractivity contribution in [2.24, 2.45) is 0 Å². The van der Waals surface area contributed by atoms with Crippen molar-refractivity contribution in [2.75, 3.05) is 15.4 Å². The molecule has 0 radical (unpaired) electrons. The highest BCUT2D eigenvalue weighted by molar-refractivity contribution is 14.1. The summed E-state index contributed by atoms with van der Waals surface area (Å²) in [5, 5.41) is 0. The molecule has 3 rings (SSSR count). The van der Waals surface area contributed by atoms with Gasteiger partial charge in [-0.2, -0.15) is 0 Å². The van der Waals surface area contributed by atoms with Crippen LogP contribution in [0, 0.1) is 0 Å². The maximum atomic E-state index is 12.1. The third kappa shape index (κ3) is 2.15. The van der Waals surface area contributed by atoms with Gasteiger partial charge in [0.05, 0.1) is 33.5 Å². The van der Waals surface area contributed by atoms with Crippen molar-refractivity contribution in [3.05, 3.63) is 23.3 Å². The third-order valence-electron chi connectivity index (χ3n) is 3.77. The lowest BCUT2D eigenvalue weighted by atomic mass is 10.0. The van der Waals surface area contributed by atoms with E-state index in [2.05, 4.69) is 32.0 Å². The van der Waals surface area contributed by atoms with Gasteiger partial charge in [0.25, 0.3) is 0 Å². The van der Waals surface area contributed by atoms with Crippen LogP contribution in [0.1, 0.15) is 30.4 Å². The van der Waals surface area contributed by atoms with Gasteiger partial charge in [0.1, 0.15) is 0 Å². The van der Waals surface area contributed by atoms with Gasteiger partial charge >= 0.3 is 0 Å². The topological polar surface area (TPSA) is 37.4 Å². The van der Waals surface area contributed by atoms with Crippen molar-refractivity contribution in [3.63, 3.8) is 0 Å².